The van der Waals surface area contributed by atoms with E-state index in [1.807, 2.05) is 48.5 Å². The third-order valence-electron chi connectivity index (χ3n) is 9.86. The number of para-hydroxylation sites is 2. The highest BCUT2D eigenvalue weighted by atomic mass is 32.1. The Balaban J connectivity index is 1.20. The SMILES string of the molecule is c1ccc(-c2nc(-c3ccc4sc5ccccc5c4c3)nc(-c3cccc4oc5cccc(-n6c7ccccc7c7ccccc76)c5c34)n2)cc1. The molecule has 0 aliphatic carbocycles. The summed E-state index contributed by atoms with van der Waals surface area (Å²) < 4.78 is 11.5. The van der Waals surface area contributed by atoms with Crippen molar-refractivity contribution in [2.45, 2.75) is 0 Å². The number of benzene rings is 7. The van der Waals surface area contributed by atoms with Gasteiger partial charge >= 0.3 is 0 Å². The van der Waals surface area contributed by atoms with Crippen LogP contribution in [0.2, 0.25) is 0 Å². The smallest absolute Gasteiger partial charge is 0.164 e. The molecular formula is C45H26N4OS. The number of fused-ring (bicyclic) bond motifs is 9. The summed E-state index contributed by atoms with van der Waals surface area (Å²) in [4.78, 5) is 15.5. The Morgan fingerprint density at radius 1 is 0.431 bits per heavy atom. The standard InChI is InChI=1S/C45H26N4OS/c1-2-12-27(13-3-1)43-46-44(28-24-25-40-33(26-28)31-16-6-9-23-39(31)51-40)48-45(47-43)32-17-10-21-37-41(32)42-36(20-11-22-38(42)50-37)49-34-18-7-4-14-29(34)30-15-5-8-19-35(30)49/h1-26H. The Labute approximate surface area is 295 Å². The van der Waals surface area contributed by atoms with Gasteiger partial charge in [-0.05, 0) is 54.6 Å². The fourth-order valence-corrected chi connectivity index (χ4v) is 8.70. The molecule has 5 nitrogen and oxygen atoms in total. The maximum atomic E-state index is 6.60. The van der Waals surface area contributed by atoms with Crippen molar-refractivity contribution in [3.05, 3.63) is 158 Å². The third kappa shape index (κ3) is 4.30. The van der Waals surface area contributed by atoms with E-state index in [1.54, 1.807) is 11.3 Å². The molecule has 0 saturated heterocycles. The average Bonchev–Trinajstić information content (AvgIpc) is 3.87. The number of nitrogens with zero attached hydrogens (tertiary/aromatic N) is 4. The molecule has 4 aromatic heterocycles. The van der Waals surface area contributed by atoms with Crippen LogP contribution in [0.1, 0.15) is 0 Å². The lowest BCUT2D eigenvalue weighted by Gasteiger charge is -2.12. The number of thiophene rings is 1. The van der Waals surface area contributed by atoms with Crippen molar-refractivity contribution in [3.8, 4) is 39.9 Å². The zero-order chi connectivity index (χ0) is 33.5. The van der Waals surface area contributed by atoms with Crippen LogP contribution in [0.5, 0.6) is 0 Å². The molecule has 11 rings (SSSR count). The molecule has 0 amide bonds. The van der Waals surface area contributed by atoms with Crippen LogP contribution in [0.25, 0.3) is 104 Å². The first-order valence-electron chi connectivity index (χ1n) is 16.9. The Kier molecular flexibility index (Phi) is 6.05. The summed E-state index contributed by atoms with van der Waals surface area (Å²) in [5, 5.41) is 6.86. The van der Waals surface area contributed by atoms with E-state index in [9.17, 15) is 0 Å². The van der Waals surface area contributed by atoms with Crippen LogP contribution in [0.15, 0.2) is 162 Å². The molecule has 0 unspecified atom stereocenters. The van der Waals surface area contributed by atoms with Gasteiger partial charge in [-0.3, -0.25) is 0 Å². The molecule has 0 bridgehead atoms. The van der Waals surface area contributed by atoms with Gasteiger partial charge in [0.25, 0.3) is 0 Å². The van der Waals surface area contributed by atoms with Crippen molar-refractivity contribution >= 4 is 75.3 Å². The maximum Gasteiger partial charge on any atom is 0.164 e. The molecule has 0 aliphatic rings. The number of hydrogen-bond donors (Lipinski definition) is 0. The summed E-state index contributed by atoms with van der Waals surface area (Å²) in [6.07, 6.45) is 0. The lowest BCUT2D eigenvalue weighted by molar-refractivity contribution is 0.669. The minimum atomic E-state index is 0.597. The van der Waals surface area contributed by atoms with Gasteiger partial charge in [0.05, 0.1) is 22.1 Å². The van der Waals surface area contributed by atoms with Crippen molar-refractivity contribution in [1.82, 2.24) is 19.5 Å². The number of rotatable bonds is 4. The predicted octanol–water partition coefficient (Wildman–Crippen LogP) is 12.2. The van der Waals surface area contributed by atoms with E-state index in [4.69, 9.17) is 19.4 Å². The topological polar surface area (TPSA) is 56.7 Å². The van der Waals surface area contributed by atoms with E-state index in [2.05, 4.69) is 114 Å². The molecule has 51 heavy (non-hydrogen) atoms. The third-order valence-corrected chi connectivity index (χ3v) is 11.0. The van der Waals surface area contributed by atoms with Crippen LogP contribution < -0.4 is 0 Å². The molecule has 0 atom stereocenters. The molecule has 11 aromatic rings. The normalized spacial score (nSPS) is 11.9. The molecule has 0 saturated carbocycles. The van der Waals surface area contributed by atoms with Gasteiger partial charge in [-0.1, -0.05) is 103 Å². The van der Waals surface area contributed by atoms with Gasteiger partial charge in [-0.15, -0.1) is 11.3 Å². The van der Waals surface area contributed by atoms with Gasteiger partial charge in [-0.25, -0.2) is 15.0 Å². The highest BCUT2D eigenvalue weighted by Crippen LogP contribution is 2.42. The van der Waals surface area contributed by atoms with Gasteiger partial charge in [0.15, 0.2) is 17.5 Å². The van der Waals surface area contributed by atoms with Crippen LogP contribution in [0.3, 0.4) is 0 Å². The fourth-order valence-electron chi connectivity index (χ4n) is 7.61. The lowest BCUT2D eigenvalue weighted by atomic mass is 10.0. The monoisotopic (exact) mass is 670 g/mol. The van der Waals surface area contributed by atoms with Crippen LogP contribution in [0, 0.1) is 0 Å². The second kappa shape index (κ2) is 10.9. The quantitative estimate of drug-likeness (QED) is 0.187. The number of hydrogen-bond acceptors (Lipinski definition) is 5. The average molecular weight is 671 g/mol. The summed E-state index contributed by atoms with van der Waals surface area (Å²) in [5.41, 5.74) is 7.69. The molecule has 4 heterocycles. The summed E-state index contributed by atoms with van der Waals surface area (Å²) in [5.74, 6) is 1.85. The predicted molar refractivity (Wildman–Crippen MR) is 211 cm³/mol. The summed E-state index contributed by atoms with van der Waals surface area (Å²) >= 11 is 1.80. The number of aromatic nitrogens is 4. The molecule has 0 aliphatic heterocycles. The van der Waals surface area contributed by atoms with Crippen LogP contribution >= 0.6 is 11.3 Å². The van der Waals surface area contributed by atoms with Crippen molar-refractivity contribution in [1.29, 1.82) is 0 Å². The van der Waals surface area contributed by atoms with Gasteiger partial charge in [0.2, 0.25) is 0 Å². The molecule has 0 fully saturated rings. The van der Waals surface area contributed by atoms with Gasteiger partial charge in [0.1, 0.15) is 11.2 Å². The van der Waals surface area contributed by atoms with E-state index in [1.165, 1.54) is 30.9 Å². The van der Waals surface area contributed by atoms with Crippen molar-refractivity contribution in [2.75, 3.05) is 0 Å². The molecule has 0 spiro atoms. The van der Waals surface area contributed by atoms with Gasteiger partial charge in [-0.2, -0.15) is 0 Å². The van der Waals surface area contributed by atoms with Crippen LogP contribution in [-0.2, 0) is 0 Å². The van der Waals surface area contributed by atoms with Crippen molar-refractivity contribution in [3.63, 3.8) is 0 Å². The summed E-state index contributed by atoms with van der Waals surface area (Å²) in [6, 6.07) is 54.9. The fraction of sp³-hybridized carbons (Fsp3) is 0. The van der Waals surface area contributed by atoms with Gasteiger partial charge < -0.3 is 8.98 Å². The van der Waals surface area contributed by atoms with E-state index < -0.39 is 0 Å². The highest BCUT2D eigenvalue weighted by molar-refractivity contribution is 7.25. The van der Waals surface area contributed by atoms with E-state index >= 15 is 0 Å². The zero-order valence-electron chi connectivity index (χ0n) is 27.1. The molecule has 0 radical (unpaired) electrons. The Bertz CT molecular complexity index is 3100. The molecule has 0 N–H and O–H groups in total. The van der Waals surface area contributed by atoms with Crippen LogP contribution in [0.4, 0.5) is 0 Å². The van der Waals surface area contributed by atoms with Crippen LogP contribution in [-0.4, -0.2) is 19.5 Å². The Hall–Kier alpha value is -6.63. The minimum absolute atomic E-state index is 0.597. The molecule has 6 heteroatoms. The molecule has 7 aromatic carbocycles. The Morgan fingerprint density at radius 2 is 1.04 bits per heavy atom. The molecule has 238 valence electrons. The van der Waals surface area contributed by atoms with E-state index in [0.717, 1.165) is 55.3 Å². The summed E-state index contributed by atoms with van der Waals surface area (Å²) in [6.45, 7) is 0. The highest BCUT2D eigenvalue weighted by Gasteiger charge is 2.22. The minimum Gasteiger partial charge on any atom is -0.456 e. The lowest BCUT2D eigenvalue weighted by Crippen LogP contribution is -2.00. The van der Waals surface area contributed by atoms with Gasteiger partial charge in [0, 0.05) is 53.0 Å². The summed E-state index contributed by atoms with van der Waals surface area (Å²) in [7, 11) is 0. The van der Waals surface area contributed by atoms with Crippen molar-refractivity contribution < 1.29 is 4.42 Å². The second-order valence-electron chi connectivity index (χ2n) is 12.8. The van der Waals surface area contributed by atoms with E-state index in [-0.39, 0.29) is 0 Å². The Morgan fingerprint density at radius 3 is 1.82 bits per heavy atom. The maximum absolute atomic E-state index is 6.60. The molecular weight excluding hydrogens is 645 g/mol. The number of furan rings is 1. The first kappa shape index (κ1) is 28.2. The first-order chi connectivity index (χ1) is 25.3. The largest absolute Gasteiger partial charge is 0.456 e. The second-order valence-corrected chi connectivity index (χ2v) is 13.9. The van der Waals surface area contributed by atoms with E-state index in [0.29, 0.717) is 17.5 Å². The van der Waals surface area contributed by atoms with Crippen molar-refractivity contribution in [2.24, 2.45) is 0 Å². The zero-order valence-corrected chi connectivity index (χ0v) is 27.9. The first-order valence-corrected chi connectivity index (χ1v) is 17.8.